The number of hydrazine groups is 1. The molecule has 0 atom stereocenters. The highest BCUT2D eigenvalue weighted by molar-refractivity contribution is 5.59. The van der Waals surface area contributed by atoms with Gasteiger partial charge in [-0.15, -0.1) is 0 Å². The monoisotopic (exact) mass is 247 g/mol. The van der Waals surface area contributed by atoms with E-state index >= 15 is 0 Å². The van der Waals surface area contributed by atoms with Crippen molar-refractivity contribution in [3.63, 3.8) is 0 Å². The van der Waals surface area contributed by atoms with Crippen molar-refractivity contribution in [1.29, 1.82) is 0 Å². The van der Waals surface area contributed by atoms with Crippen LogP contribution in [0.1, 0.15) is 11.4 Å². The Balaban J connectivity index is 2.30. The Morgan fingerprint density at radius 3 is 2.44 bits per heavy atom. The minimum absolute atomic E-state index is 0.291. The van der Waals surface area contributed by atoms with E-state index in [1.807, 2.05) is 13.0 Å². The van der Waals surface area contributed by atoms with Crippen molar-refractivity contribution >= 4 is 17.3 Å². The van der Waals surface area contributed by atoms with Crippen LogP contribution in [0.4, 0.5) is 21.7 Å². The summed E-state index contributed by atoms with van der Waals surface area (Å²) in [5, 5.41) is 3.01. The zero-order chi connectivity index (χ0) is 13.1. The first-order chi connectivity index (χ1) is 8.56. The lowest BCUT2D eigenvalue weighted by atomic mass is 10.2. The Morgan fingerprint density at radius 1 is 1.06 bits per heavy atom. The molecule has 0 saturated carbocycles. The molecule has 94 valence electrons. The number of nitrogen functional groups attached to an aromatic ring is 1. The molecule has 0 radical (unpaired) electrons. The number of hydrogen-bond acceptors (Lipinski definition) is 5. The number of halogens is 1. The van der Waals surface area contributed by atoms with Crippen molar-refractivity contribution in [3.8, 4) is 0 Å². The number of benzene rings is 1. The molecule has 1 aromatic heterocycles. The van der Waals surface area contributed by atoms with Crippen molar-refractivity contribution in [2.45, 2.75) is 13.8 Å². The molecule has 4 N–H and O–H groups in total. The highest BCUT2D eigenvalue weighted by Crippen LogP contribution is 2.19. The van der Waals surface area contributed by atoms with Crippen LogP contribution in [-0.4, -0.2) is 9.97 Å². The molecule has 0 amide bonds. The van der Waals surface area contributed by atoms with Crippen molar-refractivity contribution < 1.29 is 4.39 Å². The number of anilines is 3. The number of rotatable bonds is 3. The highest BCUT2D eigenvalue weighted by atomic mass is 19.1. The zero-order valence-corrected chi connectivity index (χ0v) is 10.2. The van der Waals surface area contributed by atoms with E-state index in [2.05, 4.69) is 20.7 Å². The molecule has 0 spiro atoms. The van der Waals surface area contributed by atoms with Crippen LogP contribution in [0.3, 0.4) is 0 Å². The Bertz CT molecular complexity index is 550. The number of aryl methyl sites for hydroxylation is 2. The van der Waals surface area contributed by atoms with Gasteiger partial charge in [-0.2, -0.15) is 0 Å². The quantitative estimate of drug-likeness (QED) is 0.573. The number of nitrogens with zero attached hydrogens (tertiary/aromatic N) is 2. The molecule has 1 heterocycles. The maximum Gasteiger partial charge on any atom is 0.145 e. The standard InChI is InChI=1S/C12H14FN5/c1-7-3-9(13)5-10(4-7)17-11-6-12(18-14)16-8(2)15-11/h3-6H,14H2,1-2H3,(H2,15,16,17,18). The molecular formula is C12H14FN5. The third-order valence-corrected chi connectivity index (χ3v) is 2.30. The largest absolute Gasteiger partial charge is 0.340 e. The molecule has 0 unspecified atom stereocenters. The first-order valence-electron chi connectivity index (χ1n) is 5.43. The van der Waals surface area contributed by atoms with Crippen LogP contribution in [0.5, 0.6) is 0 Å². The van der Waals surface area contributed by atoms with E-state index in [0.29, 0.717) is 23.1 Å². The summed E-state index contributed by atoms with van der Waals surface area (Å²) in [5.74, 6) is 6.63. The molecule has 0 bridgehead atoms. The van der Waals surface area contributed by atoms with Gasteiger partial charge in [0, 0.05) is 11.8 Å². The van der Waals surface area contributed by atoms with Crippen LogP contribution in [0.25, 0.3) is 0 Å². The van der Waals surface area contributed by atoms with Crippen LogP contribution >= 0.6 is 0 Å². The third-order valence-electron chi connectivity index (χ3n) is 2.30. The van der Waals surface area contributed by atoms with Gasteiger partial charge < -0.3 is 10.7 Å². The summed E-state index contributed by atoms with van der Waals surface area (Å²) < 4.78 is 13.3. The number of nitrogens with one attached hydrogen (secondary N) is 2. The van der Waals surface area contributed by atoms with Crippen molar-refractivity contribution in [2.75, 3.05) is 10.7 Å². The normalized spacial score (nSPS) is 10.2. The van der Waals surface area contributed by atoms with Crippen LogP contribution in [0.15, 0.2) is 24.3 Å². The van der Waals surface area contributed by atoms with Gasteiger partial charge in [0.2, 0.25) is 0 Å². The fourth-order valence-corrected chi connectivity index (χ4v) is 1.66. The fraction of sp³-hybridized carbons (Fsp3) is 0.167. The molecule has 0 aliphatic heterocycles. The average Bonchev–Trinajstić information content (AvgIpc) is 2.26. The van der Waals surface area contributed by atoms with Crippen molar-refractivity contribution in [1.82, 2.24) is 9.97 Å². The molecule has 18 heavy (non-hydrogen) atoms. The van der Waals surface area contributed by atoms with Crippen LogP contribution in [0.2, 0.25) is 0 Å². The van der Waals surface area contributed by atoms with Gasteiger partial charge in [0.25, 0.3) is 0 Å². The second kappa shape index (κ2) is 4.97. The van der Waals surface area contributed by atoms with E-state index in [1.165, 1.54) is 12.1 Å². The molecule has 0 aliphatic carbocycles. The van der Waals surface area contributed by atoms with E-state index in [0.717, 1.165) is 5.56 Å². The molecule has 1 aromatic carbocycles. The predicted molar refractivity (Wildman–Crippen MR) is 69.0 cm³/mol. The topological polar surface area (TPSA) is 75.9 Å². The van der Waals surface area contributed by atoms with E-state index in [1.54, 1.807) is 13.0 Å². The lowest BCUT2D eigenvalue weighted by Gasteiger charge is -2.09. The van der Waals surface area contributed by atoms with Gasteiger partial charge >= 0.3 is 0 Å². The van der Waals surface area contributed by atoms with E-state index in [9.17, 15) is 4.39 Å². The minimum Gasteiger partial charge on any atom is -0.340 e. The lowest BCUT2D eigenvalue weighted by Crippen LogP contribution is -2.10. The number of aromatic nitrogens is 2. The Kier molecular flexibility index (Phi) is 3.38. The molecule has 2 rings (SSSR count). The summed E-state index contributed by atoms with van der Waals surface area (Å²) in [6.07, 6.45) is 0. The molecule has 5 nitrogen and oxygen atoms in total. The maximum atomic E-state index is 13.3. The van der Waals surface area contributed by atoms with E-state index < -0.39 is 0 Å². The summed E-state index contributed by atoms with van der Waals surface area (Å²) in [7, 11) is 0. The van der Waals surface area contributed by atoms with E-state index in [-0.39, 0.29) is 5.82 Å². The second-order valence-electron chi connectivity index (χ2n) is 3.97. The maximum absolute atomic E-state index is 13.3. The molecule has 6 heteroatoms. The Labute approximate surface area is 104 Å². The fourth-order valence-electron chi connectivity index (χ4n) is 1.66. The van der Waals surface area contributed by atoms with Crippen molar-refractivity contribution in [2.24, 2.45) is 5.84 Å². The lowest BCUT2D eigenvalue weighted by molar-refractivity contribution is 0.627. The molecule has 2 aromatic rings. The van der Waals surface area contributed by atoms with Gasteiger partial charge in [-0.05, 0) is 37.6 Å². The molecule has 0 fully saturated rings. The first-order valence-corrected chi connectivity index (χ1v) is 5.43. The summed E-state index contributed by atoms with van der Waals surface area (Å²) in [6, 6.07) is 6.34. The molecule has 0 saturated heterocycles. The average molecular weight is 247 g/mol. The third kappa shape index (κ3) is 2.92. The van der Waals surface area contributed by atoms with Gasteiger partial charge in [-0.25, -0.2) is 20.2 Å². The van der Waals surface area contributed by atoms with Crippen LogP contribution in [-0.2, 0) is 0 Å². The summed E-state index contributed by atoms with van der Waals surface area (Å²) in [6.45, 7) is 3.58. The van der Waals surface area contributed by atoms with Crippen LogP contribution in [0, 0.1) is 19.7 Å². The summed E-state index contributed by atoms with van der Waals surface area (Å²) >= 11 is 0. The van der Waals surface area contributed by atoms with Crippen molar-refractivity contribution in [3.05, 3.63) is 41.5 Å². The van der Waals surface area contributed by atoms with Crippen LogP contribution < -0.4 is 16.6 Å². The Morgan fingerprint density at radius 2 is 1.78 bits per heavy atom. The zero-order valence-electron chi connectivity index (χ0n) is 10.2. The molecular weight excluding hydrogens is 233 g/mol. The number of nitrogens with two attached hydrogens (primary N) is 1. The SMILES string of the molecule is Cc1cc(F)cc(Nc2cc(NN)nc(C)n2)c1. The second-order valence-corrected chi connectivity index (χ2v) is 3.97. The van der Waals surface area contributed by atoms with Gasteiger partial charge in [0.05, 0.1) is 0 Å². The first kappa shape index (κ1) is 12.3. The van der Waals surface area contributed by atoms with E-state index in [4.69, 9.17) is 5.84 Å². The minimum atomic E-state index is -0.291. The highest BCUT2D eigenvalue weighted by Gasteiger charge is 2.03. The van der Waals surface area contributed by atoms with Gasteiger partial charge in [0.15, 0.2) is 0 Å². The molecule has 0 aliphatic rings. The van der Waals surface area contributed by atoms with Gasteiger partial charge in [0.1, 0.15) is 23.3 Å². The van der Waals surface area contributed by atoms with Gasteiger partial charge in [-0.3, -0.25) is 0 Å². The summed E-state index contributed by atoms with van der Waals surface area (Å²) in [4.78, 5) is 8.26. The van der Waals surface area contributed by atoms with Gasteiger partial charge in [-0.1, -0.05) is 0 Å². The predicted octanol–water partition coefficient (Wildman–Crippen LogP) is 2.26. The smallest absolute Gasteiger partial charge is 0.145 e. The Hall–Kier alpha value is -2.21. The number of hydrogen-bond donors (Lipinski definition) is 3. The summed E-state index contributed by atoms with van der Waals surface area (Å²) in [5.41, 5.74) is 3.92.